The molecule has 1 aromatic rings. The molecule has 0 amide bonds. The molecule has 1 saturated carbocycles. The van der Waals surface area contributed by atoms with E-state index in [0.717, 1.165) is 37.2 Å². The van der Waals surface area contributed by atoms with Gasteiger partial charge in [0.05, 0.1) is 5.54 Å². The molecule has 2 rings (SSSR count). The van der Waals surface area contributed by atoms with E-state index >= 15 is 0 Å². The molecule has 0 spiro atoms. The molecule has 1 aliphatic rings. The van der Waals surface area contributed by atoms with Gasteiger partial charge < -0.3 is 0 Å². The van der Waals surface area contributed by atoms with Crippen LogP contribution in [-0.2, 0) is 11.2 Å². The Kier molecular flexibility index (Phi) is 4.87. The fourth-order valence-electron chi connectivity index (χ4n) is 3.19. The van der Waals surface area contributed by atoms with Crippen LogP contribution in [0.4, 0.5) is 0 Å². The molecule has 20 heavy (non-hydrogen) atoms. The summed E-state index contributed by atoms with van der Waals surface area (Å²) < 4.78 is 0. The van der Waals surface area contributed by atoms with Gasteiger partial charge in [-0.05, 0) is 57.3 Å². The minimum absolute atomic E-state index is 0.300. The number of halogens is 1. The normalized spacial score (nSPS) is 26.8. The molecule has 0 aliphatic heterocycles. The quantitative estimate of drug-likeness (QED) is 0.837. The van der Waals surface area contributed by atoms with E-state index in [1.807, 2.05) is 38.4 Å². The van der Waals surface area contributed by atoms with Crippen molar-refractivity contribution in [2.75, 3.05) is 14.1 Å². The summed E-state index contributed by atoms with van der Waals surface area (Å²) in [7, 11) is 4.06. The van der Waals surface area contributed by atoms with Gasteiger partial charge in [-0.3, -0.25) is 9.69 Å². The zero-order valence-electron chi connectivity index (χ0n) is 12.7. The molecule has 0 heterocycles. The first-order valence-corrected chi connectivity index (χ1v) is 7.77. The minimum Gasteiger partial charge on any atom is -0.297 e. The predicted octanol–water partition coefficient (Wildman–Crippen LogP) is 3.96. The van der Waals surface area contributed by atoms with Crippen molar-refractivity contribution in [2.24, 2.45) is 5.92 Å². The molecule has 110 valence electrons. The Labute approximate surface area is 127 Å². The third-order valence-corrected chi connectivity index (χ3v) is 5.15. The number of carbonyl (C=O) groups is 1. The highest BCUT2D eigenvalue weighted by atomic mass is 35.5. The van der Waals surface area contributed by atoms with Crippen LogP contribution in [0.1, 0.15) is 38.2 Å². The standard InChI is InChI=1S/C17H24ClNO/c1-13-8-10-17(11-9-13,19(2)3)16(20)12-14-6-4-5-7-15(14)18/h4-7,13H,8-12H2,1-3H3. The third-order valence-electron chi connectivity index (χ3n) is 4.79. The summed E-state index contributed by atoms with van der Waals surface area (Å²) in [6, 6.07) is 7.66. The van der Waals surface area contributed by atoms with Crippen LogP contribution in [0.25, 0.3) is 0 Å². The number of benzene rings is 1. The Morgan fingerprint density at radius 2 is 1.90 bits per heavy atom. The maximum atomic E-state index is 12.9. The molecule has 1 aliphatic carbocycles. The van der Waals surface area contributed by atoms with Crippen molar-refractivity contribution >= 4 is 17.4 Å². The summed E-state index contributed by atoms with van der Waals surface area (Å²) in [6.45, 7) is 2.28. The molecule has 0 radical (unpaired) electrons. The first-order valence-electron chi connectivity index (χ1n) is 7.40. The second-order valence-corrected chi connectivity index (χ2v) is 6.71. The van der Waals surface area contributed by atoms with E-state index in [1.54, 1.807) is 0 Å². The Balaban J connectivity index is 2.18. The second kappa shape index (κ2) is 6.28. The number of carbonyl (C=O) groups excluding carboxylic acids is 1. The Bertz CT molecular complexity index is 476. The van der Waals surface area contributed by atoms with E-state index in [-0.39, 0.29) is 5.54 Å². The van der Waals surface area contributed by atoms with Crippen molar-refractivity contribution in [2.45, 2.75) is 44.6 Å². The summed E-state index contributed by atoms with van der Waals surface area (Å²) in [4.78, 5) is 15.0. The lowest BCUT2D eigenvalue weighted by molar-refractivity contribution is -0.131. The van der Waals surface area contributed by atoms with Gasteiger partial charge in [-0.1, -0.05) is 36.7 Å². The monoisotopic (exact) mass is 293 g/mol. The lowest BCUT2D eigenvalue weighted by Gasteiger charge is -2.43. The average molecular weight is 294 g/mol. The highest BCUT2D eigenvalue weighted by molar-refractivity contribution is 6.31. The van der Waals surface area contributed by atoms with Crippen LogP contribution in [0.5, 0.6) is 0 Å². The van der Waals surface area contributed by atoms with Crippen LogP contribution in [0, 0.1) is 5.92 Å². The van der Waals surface area contributed by atoms with Gasteiger partial charge in [-0.2, -0.15) is 0 Å². The summed E-state index contributed by atoms with van der Waals surface area (Å²) in [5, 5.41) is 0.693. The number of nitrogens with zero attached hydrogens (tertiary/aromatic N) is 1. The smallest absolute Gasteiger partial charge is 0.157 e. The second-order valence-electron chi connectivity index (χ2n) is 6.30. The predicted molar refractivity (Wildman–Crippen MR) is 84.2 cm³/mol. The van der Waals surface area contributed by atoms with E-state index in [1.165, 1.54) is 0 Å². The van der Waals surface area contributed by atoms with Gasteiger partial charge in [0.25, 0.3) is 0 Å². The van der Waals surface area contributed by atoms with Gasteiger partial charge in [0.15, 0.2) is 5.78 Å². The Morgan fingerprint density at radius 3 is 2.45 bits per heavy atom. The maximum absolute atomic E-state index is 12.9. The van der Waals surface area contributed by atoms with Gasteiger partial charge in [0.1, 0.15) is 0 Å². The molecule has 1 fully saturated rings. The van der Waals surface area contributed by atoms with Crippen LogP contribution < -0.4 is 0 Å². The van der Waals surface area contributed by atoms with Crippen molar-refractivity contribution < 1.29 is 4.79 Å². The van der Waals surface area contributed by atoms with Crippen molar-refractivity contribution in [3.63, 3.8) is 0 Å². The molecule has 0 N–H and O–H groups in total. The van der Waals surface area contributed by atoms with E-state index in [9.17, 15) is 4.79 Å². The molecule has 1 aromatic carbocycles. The minimum atomic E-state index is -0.300. The summed E-state index contributed by atoms with van der Waals surface area (Å²) in [5.74, 6) is 1.04. The molecular formula is C17H24ClNO. The Morgan fingerprint density at radius 1 is 1.30 bits per heavy atom. The van der Waals surface area contributed by atoms with Crippen molar-refractivity contribution in [3.8, 4) is 0 Å². The zero-order valence-corrected chi connectivity index (χ0v) is 13.4. The van der Waals surface area contributed by atoms with Gasteiger partial charge in [0, 0.05) is 11.4 Å². The molecule has 0 saturated heterocycles. The number of ketones is 1. The lowest BCUT2D eigenvalue weighted by Crippen LogP contribution is -2.53. The highest BCUT2D eigenvalue weighted by Crippen LogP contribution is 2.37. The van der Waals surface area contributed by atoms with Crippen LogP contribution in [0.15, 0.2) is 24.3 Å². The molecule has 0 aromatic heterocycles. The molecule has 0 unspecified atom stereocenters. The SMILES string of the molecule is CC1CCC(C(=O)Cc2ccccc2Cl)(N(C)C)CC1. The molecule has 2 nitrogen and oxygen atoms in total. The van der Waals surface area contributed by atoms with Crippen LogP contribution in [-0.4, -0.2) is 30.3 Å². The first kappa shape index (κ1) is 15.5. The topological polar surface area (TPSA) is 20.3 Å². The number of likely N-dealkylation sites (N-methyl/N-ethyl adjacent to an activating group) is 1. The van der Waals surface area contributed by atoms with Crippen LogP contribution in [0.3, 0.4) is 0 Å². The molecule has 0 bridgehead atoms. The first-order chi connectivity index (χ1) is 9.45. The lowest BCUT2D eigenvalue weighted by atomic mass is 9.72. The summed E-state index contributed by atoms with van der Waals surface area (Å²) in [5.41, 5.74) is 0.644. The Hall–Kier alpha value is -0.860. The molecule has 3 heteroatoms. The highest BCUT2D eigenvalue weighted by Gasteiger charge is 2.42. The summed E-state index contributed by atoms with van der Waals surface area (Å²) in [6.07, 6.45) is 4.63. The molecular weight excluding hydrogens is 270 g/mol. The number of hydrogen-bond donors (Lipinski definition) is 0. The van der Waals surface area contributed by atoms with Crippen LogP contribution in [0.2, 0.25) is 5.02 Å². The van der Waals surface area contributed by atoms with E-state index in [4.69, 9.17) is 11.6 Å². The third kappa shape index (κ3) is 3.07. The number of hydrogen-bond acceptors (Lipinski definition) is 2. The van der Waals surface area contributed by atoms with Crippen LogP contribution >= 0.6 is 11.6 Å². The van der Waals surface area contributed by atoms with Gasteiger partial charge in [-0.25, -0.2) is 0 Å². The van der Waals surface area contributed by atoms with Crippen molar-refractivity contribution in [3.05, 3.63) is 34.9 Å². The fourth-order valence-corrected chi connectivity index (χ4v) is 3.40. The average Bonchev–Trinajstić information content (AvgIpc) is 2.42. The van der Waals surface area contributed by atoms with Gasteiger partial charge in [-0.15, -0.1) is 0 Å². The van der Waals surface area contributed by atoms with Gasteiger partial charge >= 0.3 is 0 Å². The number of Topliss-reactive ketones (excluding diaryl/α,β-unsaturated/α-hetero) is 1. The largest absolute Gasteiger partial charge is 0.297 e. The van der Waals surface area contributed by atoms with Crippen molar-refractivity contribution in [1.82, 2.24) is 4.90 Å². The zero-order chi connectivity index (χ0) is 14.8. The van der Waals surface area contributed by atoms with E-state index in [0.29, 0.717) is 17.2 Å². The van der Waals surface area contributed by atoms with Crippen molar-refractivity contribution in [1.29, 1.82) is 0 Å². The summed E-state index contributed by atoms with van der Waals surface area (Å²) >= 11 is 6.19. The fraction of sp³-hybridized carbons (Fsp3) is 0.588. The van der Waals surface area contributed by atoms with E-state index < -0.39 is 0 Å². The number of rotatable bonds is 4. The van der Waals surface area contributed by atoms with E-state index in [2.05, 4.69) is 11.8 Å². The molecule has 0 atom stereocenters. The maximum Gasteiger partial charge on any atom is 0.157 e. The van der Waals surface area contributed by atoms with Gasteiger partial charge in [0.2, 0.25) is 0 Å².